The highest BCUT2D eigenvalue weighted by molar-refractivity contribution is 6.07. The minimum absolute atomic E-state index is 0.0980. The second-order valence-corrected chi connectivity index (χ2v) is 5.21. The standard InChI is InChI=1S/C18H15NO6/c1-12-2-6-14(10-16(12)19(23)24)17(20)9-5-13-3-7-15(8-4-13)25-11-18(21)22/h2-10H,11H2,1H3,(H,21,22). The maximum atomic E-state index is 12.1. The Hall–Kier alpha value is -3.48. The third kappa shape index (κ3) is 5.00. The summed E-state index contributed by atoms with van der Waals surface area (Å²) in [5.74, 6) is -1.02. The normalized spacial score (nSPS) is 10.6. The molecule has 0 atom stereocenters. The third-order valence-corrected chi connectivity index (χ3v) is 3.36. The number of ketones is 1. The minimum atomic E-state index is -1.07. The lowest BCUT2D eigenvalue weighted by Crippen LogP contribution is -2.09. The summed E-state index contributed by atoms with van der Waals surface area (Å²) < 4.78 is 5.01. The summed E-state index contributed by atoms with van der Waals surface area (Å²) in [7, 11) is 0. The first-order valence-corrected chi connectivity index (χ1v) is 7.29. The lowest BCUT2D eigenvalue weighted by atomic mass is 10.1. The van der Waals surface area contributed by atoms with E-state index in [0.717, 1.165) is 0 Å². The van der Waals surface area contributed by atoms with Crippen molar-refractivity contribution in [3.05, 3.63) is 75.3 Å². The molecule has 0 fully saturated rings. The molecule has 7 nitrogen and oxygen atoms in total. The number of carbonyl (C=O) groups excluding carboxylic acids is 1. The van der Waals surface area contributed by atoms with Gasteiger partial charge in [0.05, 0.1) is 4.92 Å². The first kappa shape index (κ1) is 17.9. The zero-order chi connectivity index (χ0) is 18.4. The molecule has 0 aliphatic rings. The van der Waals surface area contributed by atoms with Crippen LogP contribution in [0.25, 0.3) is 6.08 Å². The number of benzene rings is 2. The number of carboxylic acid groups (broad SMARTS) is 1. The monoisotopic (exact) mass is 341 g/mol. The Balaban J connectivity index is 2.08. The zero-order valence-corrected chi connectivity index (χ0v) is 13.3. The topological polar surface area (TPSA) is 107 Å². The molecule has 0 aliphatic carbocycles. The second-order valence-electron chi connectivity index (χ2n) is 5.21. The molecule has 0 radical (unpaired) electrons. The fourth-order valence-electron chi connectivity index (χ4n) is 2.05. The molecule has 0 saturated heterocycles. The fraction of sp³-hybridized carbons (Fsp3) is 0.111. The largest absolute Gasteiger partial charge is 0.482 e. The van der Waals surface area contributed by atoms with Gasteiger partial charge >= 0.3 is 5.97 Å². The summed E-state index contributed by atoms with van der Waals surface area (Å²) in [6.45, 7) is 1.18. The highest BCUT2D eigenvalue weighted by Gasteiger charge is 2.13. The fourth-order valence-corrected chi connectivity index (χ4v) is 2.05. The predicted molar refractivity (Wildman–Crippen MR) is 90.8 cm³/mol. The molecule has 0 spiro atoms. The summed E-state index contributed by atoms with van der Waals surface area (Å²) >= 11 is 0. The number of hydrogen-bond acceptors (Lipinski definition) is 5. The van der Waals surface area contributed by atoms with E-state index >= 15 is 0 Å². The van der Waals surface area contributed by atoms with Crippen LogP contribution in [-0.2, 0) is 4.79 Å². The van der Waals surface area contributed by atoms with Crippen molar-refractivity contribution >= 4 is 23.5 Å². The van der Waals surface area contributed by atoms with Gasteiger partial charge in [0, 0.05) is 17.2 Å². The summed E-state index contributed by atoms with van der Waals surface area (Å²) in [6, 6.07) is 10.8. The highest BCUT2D eigenvalue weighted by atomic mass is 16.6. The molecule has 25 heavy (non-hydrogen) atoms. The number of ether oxygens (including phenoxy) is 1. The molecule has 0 heterocycles. The van der Waals surface area contributed by atoms with E-state index < -0.39 is 17.5 Å². The summed E-state index contributed by atoms with van der Waals surface area (Å²) in [5, 5.41) is 19.5. The van der Waals surface area contributed by atoms with E-state index in [1.54, 1.807) is 37.3 Å². The van der Waals surface area contributed by atoms with Crippen LogP contribution in [0.1, 0.15) is 21.5 Å². The number of aliphatic carboxylic acids is 1. The van der Waals surface area contributed by atoms with Gasteiger partial charge in [0.1, 0.15) is 5.75 Å². The maximum absolute atomic E-state index is 12.1. The van der Waals surface area contributed by atoms with Crippen LogP contribution in [0.3, 0.4) is 0 Å². The Kier molecular flexibility index (Phi) is 5.62. The number of rotatable bonds is 7. The van der Waals surface area contributed by atoms with E-state index in [-0.39, 0.29) is 17.0 Å². The first-order valence-electron chi connectivity index (χ1n) is 7.29. The van der Waals surface area contributed by atoms with Crippen molar-refractivity contribution in [3.8, 4) is 5.75 Å². The second kappa shape index (κ2) is 7.87. The molecular weight excluding hydrogens is 326 g/mol. The van der Waals surface area contributed by atoms with Crippen molar-refractivity contribution in [2.45, 2.75) is 6.92 Å². The van der Waals surface area contributed by atoms with Crippen molar-refractivity contribution in [1.29, 1.82) is 0 Å². The number of carboxylic acids is 1. The van der Waals surface area contributed by atoms with Crippen LogP contribution >= 0.6 is 0 Å². The van der Waals surface area contributed by atoms with E-state index in [0.29, 0.717) is 16.9 Å². The van der Waals surface area contributed by atoms with Crippen LogP contribution in [0.4, 0.5) is 5.69 Å². The SMILES string of the molecule is Cc1ccc(C(=O)C=Cc2ccc(OCC(=O)O)cc2)cc1[N+](=O)[O-]. The number of nitrogens with zero attached hydrogens (tertiary/aromatic N) is 1. The molecule has 128 valence electrons. The van der Waals surface area contributed by atoms with Crippen LogP contribution in [0.5, 0.6) is 5.75 Å². The van der Waals surface area contributed by atoms with Crippen molar-refractivity contribution in [1.82, 2.24) is 0 Å². The van der Waals surface area contributed by atoms with E-state index in [4.69, 9.17) is 9.84 Å². The molecule has 2 rings (SSSR count). The minimum Gasteiger partial charge on any atom is -0.482 e. The number of nitro benzene ring substituents is 1. The Morgan fingerprint density at radius 1 is 1.20 bits per heavy atom. The van der Waals surface area contributed by atoms with Crippen LogP contribution in [0.15, 0.2) is 48.5 Å². The first-order chi connectivity index (χ1) is 11.9. The molecule has 0 bridgehead atoms. The van der Waals surface area contributed by atoms with Gasteiger partial charge in [0.25, 0.3) is 5.69 Å². The van der Waals surface area contributed by atoms with Gasteiger partial charge in [0.15, 0.2) is 12.4 Å². The average Bonchev–Trinajstić information content (AvgIpc) is 2.58. The van der Waals surface area contributed by atoms with Crippen LogP contribution < -0.4 is 4.74 Å². The number of hydrogen-bond donors (Lipinski definition) is 1. The molecule has 1 N–H and O–H groups in total. The summed E-state index contributed by atoms with van der Waals surface area (Å²) in [5.41, 5.74) is 1.33. The molecule has 7 heteroatoms. The van der Waals surface area contributed by atoms with E-state index in [1.165, 1.54) is 24.3 Å². The molecule has 0 unspecified atom stereocenters. The number of nitro groups is 1. The third-order valence-electron chi connectivity index (χ3n) is 3.36. The van der Waals surface area contributed by atoms with Gasteiger partial charge in [-0.3, -0.25) is 14.9 Å². The molecule has 2 aromatic rings. The molecule has 0 aromatic heterocycles. The molecule has 0 saturated carbocycles. The van der Waals surface area contributed by atoms with Crippen molar-refractivity contribution in [2.24, 2.45) is 0 Å². The van der Waals surface area contributed by atoms with Gasteiger partial charge in [0.2, 0.25) is 0 Å². The van der Waals surface area contributed by atoms with Crippen molar-refractivity contribution in [2.75, 3.05) is 6.61 Å². The Morgan fingerprint density at radius 2 is 1.88 bits per heavy atom. The number of aryl methyl sites for hydroxylation is 1. The van der Waals surface area contributed by atoms with Gasteiger partial charge < -0.3 is 9.84 Å². The number of allylic oxidation sites excluding steroid dienone is 1. The molecule has 0 aliphatic heterocycles. The Labute approximate surface area is 143 Å². The lowest BCUT2D eigenvalue weighted by Gasteiger charge is -2.03. The lowest BCUT2D eigenvalue weighted by molar-refractivity contribution is -0.385. The van der Waals surface area contributed by atoms with Gasteiger partial charge in [-0.25, -0.2) is 4.79 Å². The molecular formula is C18H15NO6. The predicted octanol–water partition coefficient (Wildman–Crippen LogP) is 3.26. The average molecular weight is 341 g/mol. The Morgan fingerprint density at radius 3 is 2.48 bits per heavy atom. The van der Waals surface area contributed by atoms with Crippen LogP contribution in [-0.4, -0.2) is 28.4 Å². The van der Waals surface area contributed by atoms with Gasteiger partial charge in [-0.05, 0) is 30.7 Å². The van der Waals surface area contributed by atoms with E-state index in [9.17, 15) is 19.7 Å². The maximum Gasteiger partial charge on any atom is 0.341 e. The zero-order valence-electron chi connectivity index (χ0n) is 13.3. The quantitative estimate of drug-likeness (QED) is 0.358. The Bertz CT molecular complexity index is 839. The van der Waals surface area contributed by atoms with Crippen LogP contribution in [0.2, 0.25) is 0 Å². The van der Waals surface area contributed by atoms with Crippen molar-refractivity contribution < 1.29 is 24.4 Å². The van der Waals surface area contributed by atoms with E-state index in [1.807, 2.05) is 0 Å². The van der Waals surface area contributed by atoms with Crippen LogP contribution in [0, 0.1) is 17.0 Å². The van der Waals surface area contributed by atoms with Gasteiger partial charge in [-0.15, -0.1) is 0 Å². The van der Waals surface area contributed by atoms with Crippen molar-refractivity contribution in [3.63, 3.8) is 0 Å². The van der Waals surface area contributed by atoms with Gasteiger partial charge in [-0.2, -0.15) is 0 Å². The van der Waals surface area contributed by atoms with Gasteiger partial charge in [-0.1, -0.05) is 30.3 Å². The smallest absolute Gasteiger partial charge is 0.341 e. The summed E-state index contributed by atoms with van der Waals surface area (Å²) in [6.07, 6.45) is 2.89. The summed E-state index contributed by atoms with van der Waals surface area (Å²) in [4.78, 5) is 33.0. The molecule has 0 amide bonds. The molecule has 2 aromatic carbocycles. The number of carbonyl (C=O) groups is 2. The van der Waals surface area contributed by atoms with E-state index in [2.05, 4.69) is 0 Å². The highest BCUT2D eigenvalue weighted by Crippen LogP contribution is 2.20.